The van der Waals surface area contributed by atoms with Crippen LogP contribution in [0.25, 0.3) is 0 Å². The van der Waals surface area contributed by atoms with Crippen molar-refractivity contribution in [3.05, 3.63) is 24.3 Å². The van der Waals surface area contributed by atoms with Crippen LogP contribution in [-0.2, 0) is 6.54 Å². The predicted molar refractivity (Wildman–Crippen MR) is 44.7 cm³/mol. The average Bonchev–Trinajstić information content (AvgIpc) is 2.19. The Morgan fingerprint density at radius 2 is 1.87 bits per heavy atom. The zero-order chi connectivity index (χ0) is 11.3. The molecule has 0 aliphatic rings. The normalized spacial score (nSPS) is 12.1. The van der Waals surface area contributed by atoms with Gasteiger partial charge >= 0.3 is 12.3 Å². The monoisotopic (exact) mass is 223 g/mol. The molecule has 1 N–H and O–H groups in total. The third kappa shape index (κ3) is 3.78. The van der Waals surface area contributed by atoms with E-state index in [1.54, 1.807) is 6.07 Å². The molecular weight excluding hydrogens is 214 g/mol. The number of halogens is 4. The molecule has 1 rings (SSSR count). The highest BCUT2D eigenvalue weighted by Gasteiger charge is 2.39. The van der Waals surface area contributed by atoms with Crippen molar-refractivity contribution in [3.63, 3.8) is 0 Å². The molecular formula is C8H9F4N3. The summed E-state index contributed by atoms with van der Waals surface area (Å²) in [6.07, 6.45) is -0.786. The summed E-state index contributed by atoms with van der Waals surface area (Å²) in [4.78, 5) is 7.47. The Morgan fingerprint density at radius 3 is 2.40 bits per heavy atom. The standard InChI is InChI=1S/C8H9F4N3/c9-7(10)8(11,12)5-13-4-6-14-2-1-3-15-6/h1-3,7,13H,4-5H2. The number of aromatic nitrogens is 2. The van der Waals surface area contributed by atoms with Gasteiger partial charge in [0.15, 0.2) is 0 Å². The van der Waals surface area contributed by atoms with Crippen molar-refractivity contribution in [3.8, 4) is 0 Å². The molecule has 1 heterocycles. The highest BCUT2D eigenvalue weighted by Crippen LogP contribution is 2.21. The van der Waals surface area contributed by atoms with E-state index in [1.807, 2.05) is 0 Å². The first-order valence-electron chi connectivity index (χ1n) is 4.15. The highest BCUT2D eigenvalue weighted by atomic mass is 19.3. The average molecular weight is 223 g/mol. The third-order valence-corrected chi connectivity index (χ3v) is 1.58. The smallest absolute Gasteiger partial charge is 0.304 e. The predicted octanol–water partition coefficient (Wildman–Crippen LogP) is 1.47. The summed E-state index contributed by atoms with van der Waals surface area (Å²) < 4.78 is 48.2. The van der Waals surface area contributed by atoms with Crippen LogP contribution in [-0.4, -0.2) is 28.9 Å². The van der Waals surface area contributed by atoms with Crippen LogP contribution in [0.4, 0.5) is 17.6 Å². The van der Waals surface area contributed by atoms with Crippen molar-refractivity contribution >= 4 is 0 Å². The Hall–Kier alpha value is -1.24. The quantitative estimate of drug-likeness (QED) is 0.768. The first-order valence-corrected chi connectivity index (χ1v) is 4.15. The first kappa shape index (κ1) is 11.8. The second-order valence-corrected chi connectivity index (χ2v) is 2.83. The van der Waals surface area contributed by atoms with Crippen molar-refractivity contribution in [2.75, 3.05) is 6.54 Å². The van der Waals surface area contributed by atoms with Gasteiger partial charge in [-0.2, -0.15) is 8.78 Å². The van der Waals surface area contributed by atoms with Crippen molar-refractivity contribution < 1.29 is 17.6 Å². The van der Waals surface area contributed by atoms with Crippen molar-refractivity contribution in [2.45, 2.75) is 18.9 Å². The number of nitrogens with one attached hydrogen (secondary N) is 1. The maximum absolute atomic E-state index is 12.4. The number of hydrogen-bond acceptors (Lipinski definition) is 3. The van der Waals surface area contributed by atoms with Crippen LogP contribution in [0.1, 0.15) is 5.82 Å². The minimum absolute atomic E-state index is 0.0663. The van der Waals surface area contributed by atoms with Gasteiger partial charge in [-0.25, -0.2) is 18.7 Å². The van der Waals surface area contributed by atoms with Crippen LogP contribution < -0.4 is 5.32 Å². The molecule has 0 unspecified atom stereocenters. The van der Waals surface area contributed by atoms with E-state index in [0.29, 0.717) is 0 Å². The van der Waals surface area contributed by atoms with E-state index in [0.717, 1.165) is 0 Å². The van der Waals surface area contributed by atoms with Gasteiger partial charge in [-0.05, 0) is 6.07 Å². The van der Waals surface area contributed by atoms with Gasteiger partial charge in [-0.3, -0.25) is 0 Å². The highest BCUT2D eigenvalue weighted by molar-refractivity contribution is 4.88. The van der Waals surface area contributed by atoms with Gasteiger partial charge in [0, 0.05) is 12.4 Å². The van der Waals surface area contributed by atoms with E-state index in [9.17, 15) is 17.6 Å². The van der Waals surface area contributed by atoms with E-state index >= 15 is 0 Å². The van der Waals surface area contributed by atoms with Gasteiger partial charge in [0.25, 0.3) is 0 Å². The lowest BCUT2D eigenvalue weighted by Gasteiger charge is -2.15. The van der Waals surface area contributed by atoms with E-state index < -0.39 is 18.9 Å². The number of hydrogen-bond donors (Lipinski definition) is 1. The lowest BCUT2D eigenvalue weighted by Crippen LogP contribution is -2.38. The fourth-order valence-corrected chi connectivity index (χ4v) is 0.839. The maximum Gasteiger partial charge on any atom is 0.319 e. The fourth-order valence-electron chi connectivity index (χ4n) is 0.839. The van der Waals surface area contributed by atoms with Gasteiger partial charge in [-0.15, -0.1) is 0 Å². The largest absolute Gasteiger partial charge is 0.319 e. The first-order chi connectivity index (χ1) is 7.02. The Bertz CT molecular complexity index is 291. The van der Waals surface area contributed by atoms with Crippen molar-refractivity contribution in [2.24, 2.45) is 0 Å². The van der Waals surface area contributed by atoms with Crippen LogP contribution in [0.3, 0.4) is 0 Å². The van der Waals surface area contributed by atoms with Crippen LogP contribution in [0, 0.1) is 0 Å². The van der Waals surface area contributed by atoms with Gasteiger partial charge in [0.05, 0.1) is 13.1 Å². The summed E-state index contributed by atoms with van der Waals surface area (Å²) in [5.41, 5.74) is 0. The van der Waals surface area contributed by atoms with Gasteiger partial charge in [0.2, 0.25) is 0 Å². The molecule has 0 amide bonds. The molecule has 0 bridgehead atoms. The molecule has 1 aromatic rings. The Balaban J connectivity index is 2.34. The van der Waals surface area contributed by atoms with Crippen LogP contribution in [0.2, 0.25) is 0 Å². The molecule has 7 heteroatoms. The molecule has 84 valence electrons. The number of rotatable bonds is 5. The minimum Gasteiger partial charge on any atom is -0.304 e. The summed E-state index contributed by atoms with van der Waals surface area (Å²) in [6, 6.07) is 1.57. The van der Waals surface area contributed by atoms with Gasteiger partial charge < -0.3 is 5.32 Å². The number of alkyl halides is 4. The molecule has 0 saturated heterocycles. The molecule has 0 radical (unpaired) electrons. The molecule has 0 aliphatic carbocycles. The minimum atomic E-state index is -4.02. The summed E-state index contributed by atoms with van der Waals surface area (Å²) in [5.74, 6) is -3.74. The van der Waals surface area contributed by atoms with Crippen molar-refractivity contribution in [1.82, 2.24) is 15.3 Å². The van der Waals surface area contributed by atoms with Crippen molar-refractivity contribution in [1.29, 1.82) is 0 Å². The molecule has 1 aromatic heterocycles. The molecule has 0 atom stereocenters. The lowest BCUT2D eigenvalue weighted by molar-refractivity contribution is -0.125. The Labute approximate surface area is 83.5 Å². The molecule has 0 fully saturated rings. The summed E-state index contributed by atoms with van der Waals surface area (Å²) in [7, 11) is 0. The van der Waals surface area contributed by atoms with E-state index in [-0.39, 0.29) is 12.4 Å². The third-order valence-electron chi connectivity index (χ3n) is 1.58. The van der Waals surface area contributed by atoms with E-state index in [4.69, 9.17) is 0 Å². The van der Waals surface area contributed by atoms with Crippen LogP contribution in [0.15, 0.2) is 18.5 Å². The van der Waals surface area contributed by atoms with E-state index in [2.05, 4.69) is 15.3 Å². The summed E-state index contributed by atoms with van der Waals surface area (Å²) >= 11 is 0. The zero-order valence-electron chi connectivity index (χ0n) is 7.63. The molecule has 3 nitrogen and oxygen atoms in total. The SMILES string of the molecule is FC(F)C(F)(F)CNCc1ncccn1. The summed E-state index contributed by atoms with van der Waals surface area (Å²) in [5, 5.41) is 2.17. The lowest BCUT2D eigenvalue weighted by atomic mass is 10.3. The van der Waals surface area contributed by atoms with Crippen LogP contribution in [0.5, 0.6) is 0 Å². The van der Waals surface area contributed by atoms with Crippen LogP contribution >= 0.6 is 0 Å². The molecule has 0 saturated carbocycles. The zero-order valence-corrected chi connectivity index (χ0v) is 7.63. The topological polar surface area (TPSA) is 37.8 Å². The molecule has 0 aromatic carbocycles. The Kier molecular flexibility index (Phi) is 3.96. The maximum atomic E-state index is 12.4. The summed E-state index contributed by atoms with van der Waals surface area (Å²) in [6.45, 7) is -1.16. The second kappa shape index (κ2) is 5.01. The van der Waals surface area contributed by atoms with Gasteiger partial charge in [-0.1, -0.05) is 0 Å². The molecule has 0 spiro atoms. The molecule has 0 aliphatic heterocycles. The molecule has 15 heavy (non-hydrogen) atoms. The van der Waals surface area contributed by atoms with E-state index in [1.165, 1.54) is 12.4 Å². The fraction of sp³-hybridized carbons (Fsp3) is 0.500. The number of nitrogens with zero attached hydrogens (tertiary/aromatic N) is 2. The second-order valence-electron chi connectivity index (χ2n) is 2.83. The Morgan fingerprint density at radius 1 is 1.27 bits per heavy atom. The van der Waals surface area contributed by atoms with Gasteiger partial charge in [0.1, 0.15) is 5.82 Å².